The van der Waals surface area contributed by atoms with Gasteiger partial charge in [0, 0.05) is 44.5 Å². The number of para-hydroxylation sites is 2. The Morgan fingerprint density at radius 3 is 1.89 bits per heavy atom. The zero-order valence-corrected chi connectivity index (χ0v) is 31.2. The molecule has 0 N–H and O–H groups in total. The van der Waals surface area contributed by atoms with Crippen molar-refractivity contribution in [1.29, 1.82) is 0 Å². The summed E-state index contributed by atoms with van der Waals surface area (Å²) in [6.07, 6.45) is 6.38. The number of aromatic nitrogens is 2. The molecular weight excluding hydrogens is 695 g/mol. The van der Waals surface area contributed by atoms with Gasteiger partial charge in [0.2, 0.25) is 5.89 Å². The van der Waals surface area contributed by atoms with E-state index in [9.17, 15) is 0 Å². The summed E-state index contributed by atoms with van der Waals surface area (Å²) in [7, 11) is 0. The van der Waals surface area contributed by atoms with Crippen molar-refractivity contribution < 1.29 is 4.42 Å². The molecule has 1 aliphatic carbocycles. The third kappa shape index (κ3) is 5.73. The summed E-state index contributed by atoms with van der Waals surface area (Å²) in [5.41, 5.74) is 14.6. The van der Waals surface area contributed by atoms with Gasteiger partial charge in [0.25, 0.3) is 0 Å². The van der Waals surface area contributed by atoms with Crippen LogP contribution in [0.1, 0.15) is 18.4 Å². The third-order valence-corrected chi connectivity index (χ3v) is 11.3. The van der Waals surface area contributed by atoms with Gasteiger partial charge in [-0.05, 0) is 113 Å². The molecule has 1 aliphatic rings. The van der Waals surface area contributed by atoms with Crippen LogP contribution in [-0.2, 0) is 0 Å². The van der Waals surface area contributed by atoms with Crippen molar-refractivity contribution in [3.63, 3.8) is 0 Å². The van der Waals surface area contributed by atoms with E-state index in [1.807, 2.05) is 30.3 Å². The summed E-state index contributed by atoms with van der Waals surface area (Å²) in [6.45, 7) is 0. The van der Waals surface area contributed by atoms with E-state index in [1.165, 1.54) is 55.2 Å². The molecule has 2 heterocycles. The van der Waals surface area contributed by atoms with E-state index in [4.69, 9.17) is 9.40 Å². The van der Waals surface area contributed by atoms with Gasteiger partial charge in [-0.2, -0.15) is 0 Å². The molecule has 0 amide bonds. The minimum atomic E-state index is 0.643. The van der Waals surface area contributed by atoms with Gasteiger partial charge < -0.3 is 13.9 Å². The predicted octanol–water partition coefficient (Wildman–Crippen LogP) is 14.3. The molecule has 4 heteroatoms. The fourth-order valence-electron chi connectivity index (χ4n) is 8.65. The van der Waals surface area contributed by atoms with Gasteiger partial charge in [0.1, 0.15) is 5.52 Å². The van der Waals surface area contributed by atoms with E-state index >= 15 is 0 Å². The summed E-state index contributed by atoms with van der Waals surface area (Å²) >= 11 is 0. The maximum Gasteiger partial charge on any atom is 0.227 e. The first-order valence-electron chi connectivity index (χ1n) is 19.6. The van der Waals surface area contributed by atoms with Crippen LogP contribution in [0, 0.1) is 0 Å². The Labute approximate surface area is 330 Å². The molecule has 0 saturated carbocycles. The lowest BCUT2D eigenvalue weighted by Gasteiger charge is -2.30. The minimum Gasteiger partial charge on any atom is -0.436 e. The van der Waals surface area contributed by atoms with E-state index < -0.39 is 0 Å². The average Bonchev–Trinajstić information content (AvgIpc) is 3.87. The predicted molar refractivity (Wildman–Crippen MR) is 237 cm³/mol. The van der Waals surface area contributed by atoms with Crippen LogP contribution in [0.5, 0.6) is 0 Å². The monoisotopic (exact) mass is 731 g/mol. The van der Waals surface area contributed by atoms with Crippen molar-refractivity contribution in [2.45, 2.75) is 12.8 Å². The molecule has 0 radical (unpaired) electrons. The van der Waals surface area contributed by atoms with Crippen LogP contribution >= 0.6 is 0 Å². The van der Waals surface area contributed by atoms with Gasteiger partial charge in [0.05, 0.1) is 11.0 Å². The number of anilines is 2. The number of hydrogen-bond donors (Lipinski definition) is 0. The third-order valence-electron chi connectivity index (χ3n) is 11.3. The van der Waals surface area contributed by atoms with Gasteiger partial charge in [0.15, 0.2) is 5.58 Å². The standard InChI is InChI=1S/C53H37N3O/c1-4-15-36(16-5-1)39-19-14-22-42(33-39)55(43-31-32-50-48(34-43)45-24-12-13-26-49(45)56(50)40-20-8-3-9-21-40)41-29-27-37(28-30-41)47-35-51-52(46-25-11-10-23-44(46)47)54-53(57-51)38-17-6-2-7-18-38/h1-27,29,31-35H,28,30H2. The highest BCUT2D eigenvalue weighted by Crippen LogP contribution is 2.43. The minimum absolute atomic E-state index is 0.643. The highest BCUT2D eigenvalue weighted by atomic mass is 16.3. The zero-order valence-electron chi connectivity index (χ0n) is 31.2. The number of benzene rings is 8. The SMILES string of the molecule is C1=C(c2cc3oc(-c4ccccc4)nc3c3ccccc23)CCC(N(c2cccc(-c3ccccc3)c2)c2ccc3c(c2)c2ccccc2n3-c2ccccc2)=C1. The molecule has 2 aromatic heterocycles. The molecule has 10 aromatic rings. The van der Waals surface area contributed by atoms with Crippen LogP contribution in [0.4, 0.5) is 11.4 Å². The topological polar surface area (TPSA) is 34.2 Å². The van der Waals surface area contributed by atoms with Crippen molar-refractivity contribution in [2.75, 3.05) is 4.90 Å². The molecular formula is C53H37N3O. The van der Waals surface area contributed by atoms with Gasteiger partial charge >= 0.3 is 0 Å². The van der Waals surface area contributed by atoms with Crippen LogP contribution in [0.3, 0.4) is 0 Å². The van der Waals surface area contributed by atoms with Crippen LogP contribution in [0.2, 0.25) is 0 Å². The van der Waals surface area contributed by atoms with Crippen molar-refractivity contribution in [3.05, 3.63) is 211 Å². The molecule has 0 aliphatic heterocycles. The Morgan fingerprint density at radius 2 is 1.12 bits per heavy atom. The Kier molecular flexibility index (Phi) is 7.92. The maximum absolute atomic E-state index is 6.45. The first-order valence-corrected chi connectivity index (χ1v) is 19.6. The molecule has 8 aromatic carbocycles. The van der Waals surface area contributed by atoms with Crippen LogP contribution in [0.25, 0.3) is 77.5 Å². The number of rotatable bonds is 7. The molecule has 0 saturated heterocycles. The second kappa shape index (κ2) is 13.7. The van der Waals surface area contributed by atoms with Crippen molar-refractivity contribution >= 4 is 60.6 Å². The van der Waals surface area contributed by atoms with Crippen LogP contribution in [0.15, 0.2) is 210 Å². The molecule has 57 heavy (non-hydrogen) atoms. The fraction of sp³-hybridized carbons (Fsp3) is 0.0377. The van der Waals surface area contributed by atoms with Gasteiger partial charge in [-0.15, -0.1) is 0 Å². The van der Waals surface area contributed by atoms with Crippen molar-refractivity contribution in [3.8, 4) is 28.3 Å². The van der Waals surface area contributed by atoms with E-state index in [0.29, 0.717) is 5.89 Å². The van der Waals surface area contributed by atoms with E-state index in [-0.39, 0.29) is 0 Å². The summed E-state index contributed by atoms with van der Waals surface area (Å²) in [4.78, 5) is 7.44. The molecule has 0 spiro atoms. The Bertz CT molecular complexity index is 3170. The normalized spacial score (nSPS) is 13.0. The van der Waals surface area contributed by atoms with Crippen LogP contribution < -0.4 is 4.90 Å². The van der Waals surface area contributed by atoms with E-state index in [1.54, 1.807) is 0 Å². The lowest BCUT2D eigenvalue weighted by molar-refractivity contribution is 0.620. The van der Waals surface area contributed by atoms with Gasteiger partial charge in [-0.25, -0.2) is 4.98 Å². The number of hydrogen-bond acceptors (Lipinski definition) is 3. The summed E-state index contributed by atoms with van der Waals surface area (Å²) in [5.74, 6) is 0.643. The first kappa shape index (κ1) is 33.0. The number of oxazole rings is 1. The van der Waals surface area contributed by atoms with E-state index in [2.05, 4.69) is 179 Å². The highest BCUT2D eigenvalue weighted by Gasteiger charge is 2.23. The van der Waals surface area contributed by atoms with Gasteiger partial charge in [-0.3, -0.25) is 0 Å². The summed E-state index contributed by atoms with van der Waals surface area (Å²) in [5, 5.41) is 4.76. The number of allylic oxidation sites excluding steroid dienone is 4. The molecule has 0 unspecified atom stereocenters. The molecule has 270 valence electrons. The molecule has 0 bridgehead atoms. The Hall–Kier alpha value is -7.43. The lowest BCUT2D eigenvalue weighted by Crippen LogP contribution is -2.18. The van der Waals surface area contributed by atoms with Crippen molar-refractivity contribution in [1.82, 2.24) is 9.55 Å². The second-order valence-corrected chi connectivity index (χ2v) is 14.7. The first-order chi connectivity index (χ1) is 28.3. The molecule has 0 fully saturated rings. The molecule has 4 nitrogen and oxygen atoms in total. The highest BCUT2D eigenvalue weighted by molar-refractivity contribution is 6.11. The maximum atomic E-state index is 6.45. The van der Waals surface area contributed by atoms with Crippen LogP contribution in [-0.4, -0.2) is 9.55 Å². The fourth-order valence-corrected chi connectivity index (χ4v) is 8.65. The van der Waals surface area contributed by atoms with Gasteiger partial charge in [-0.1, -0.05) is 127 Å². The smallest absolute Gasteiger partial charge is 0.227 e. The largest absolute Gasteiger partial charge is 0.436 e. The molecule has 11 rings (SSSR count). The summed E-state index contributed by atoms with van der Waals surface area (Å²) < 4.78 is 8.83. The lowest BCUT2D eigenvalue weighted by atomic mass is 9.91. The quantitative estimate of drug-likeness (QED) is 0.164. The average molecular weight is 732 g/mol. The zero-order chi connectivity index (χ0) is 37.7. The number of nitrogens with zero attached hydrogens (tertiary/aromatic N) is 3. The van der Waals surface area contributed by atoms with E-state index in [0.717, 1.165) is 52.0 Å². The Balaban J connectivity index is 1.06. The number of fused-ring (bicyclic) bond motifs is 6. The molecule has 0 atom stereocenters. The summed E-state index contributed by atoms with van der Waals surface area (Å²) in [6, 6.07) is 66.9. The second-order valence-electron chi connectivity index (χ2n) is 14.7. The van der Waals surface area contributed by atoms with Crippen molar-refractivity contribution in [2.24, 2.45) is 0 Å². The Morgan fingerprint density at radius 1 is 0.474 bits per heavy atom.